The maximum Gasteiger partial charge on any atom is 3.00 e. The van der Waals surface area contributed by atoms with E-state index in [0.29, 0.717) is 5.11 Å². The standard InChI is InChI=1S/C10H14N4S.Ga/c1-8(9-6-4-5-7-11-9)12-13-10(15)14(2)3;/h4-7H,1-3H3,(H,11,13,15);/q;+3. The summed E-state index contributed by atoms with van der Waals surface area (Å²) in [4.78, 5) is 5.94. The zero-order valence-corrected chi connectivity index (χ0v) is 12.9. The molecule has 0 bridgehead atoms. The Bertz CT molecular complexity index is 364. The first-order valence-electron chi connectivity index (χ1n) is 4.51. The predicted octanol–water partition coefficient (Wildman–Crippen LogP) is 0.727. The Balaban J connectivity index is 0.00000225. The van der Waals surface area contributed by atoms with Crippen LogP contribution in [0.5, 0.6) is 0 Å². The molecule has 1 aromatic rings. The quantitative estimate of drug-likeness (QED) is 0.201. The summed E-state index contributed by atoms with van der Waals surface area (Å²) in [5.74, 6) is 0. The molecule has 0 atom stereocenters. The van der Waals surface area contributed by atoms with Crippen molar-refractivity contribution in [1.82, 2.24) is 9.88 Å². The second-order valence-electron chi connectivity index (χ2n) is 3.19. The van der Waals surface area contributed by atoms with Gasteiger partial charge in [0.05, 0.1) is 5.69 Å². The van der Waals surface area contributed by atoms with E-state index >= 15 is 0 Å². The van der Waals surface area contributed by atoms with Gasteiger partial charge in [-0.25, -0.2) is 0 Å². The molecule has 0 aliphatic heterocycles. The number of hydrogen-bond donors (Lipinski definition) is 0. The van der Waals surface area contributed by atoms with Crippen LogP contribution in [-0.4, -0.2) is 54.6 Å². The summed E-state index contributed by atoms with van der Waals surface area (Å²) >= 11 is 4.16. The third-order valence-corrected chi connectivity index (χ3v) is 2.21. The van der Waals surface area contributed by atoms with E-state index in [2.05, 4.69) is 27.7 Å². The summed E-state index contributed by atoms with van der Waals surface area (Å²) in [6, 6.07) is 5.67. The zero-order valence-electron chi connectivity index (χ0n) is 9.62. The Labute approximate surface area is 114 Å². The summed E-state index contributed by atoms with van der Waals surface area (Å²) in [7, 11) is 3.72. The summed E-state index contributed by atoms with van der Waals surface area (Å²) in [5.41, 5.74) is 5.54. The van der Waals surface area contributed by atoms with Crippen molar-refractivity contribution in [2.45, 2.75) is 6.92 Å². The van der Waals surface area contributed by atoms with Gasteiger partial charge in [-0.2, -0.15) is 0 Å². The van der Waals surface area contributed by atoms with Crippen molar-refractivity contribution in [3.8, 4) is 0 Å². The van der Waals surface area contributed by atoms with Gasteiger partial charge < -0.3 is 10.5 Å². The largest absolute Gasteiger partial charge is 3.00 e. The fourth-order valence-corrected chi connectivity index (χ4v) is 0.882. The number of hydrogen-bond acceptors (Lipinski definition) is 2. The first-order valence-corrected chi connectivity index (χ1v) is 4.96. The first-order chi connectivity index (χ1) is 7.11. The number of nitrogens with zero attached hydrogens (tertiary/aromatic N) is 4. The molecule has 0 radical (unpaired) electrons. The Morgan fingerprint density at radius 1 is 1.44 bits per heavy atom. The van der Waals surface area contributed by atoms with Gasteiger partial charge in [0.15, 0.2) is 17.3 Å². The molecular weight excluding hydrogens is 278 g/mol. The molecule has 0 amide bonds. The Hall–Kier alpha value is -0.694. The van der Waals surface area contributed by atoms with Crippen LogP contribution in [-0.2, 0) is 12.2 Å². The van der Waals surface area contributed by atoms with E-state index in [1.807, 2.05) is 39.2 Å². The predicted molar refractivity (Wildman–Crippen MR) is 73.0 cm³/mol. The van der Waals surface area contributed by atoms with Crippen LogP contribution in [0.1, 0.15) is 12.6 Å². The molecule has 0 saturated carbocycles. The molecule has 0 unspecified atom stereocenters. The molecule has 4 nitrogen and oxygen atoms in total. The smallest absolute Gasteiger partial charge is 0.515 e. The van der Waals surface area contributed by atoms with Crippen LogP contribution in [0, 0.1) is 0 Å². The minimum Gasteiger partial charge on any atom is -0.515 e. The van der Waals surface area contributed by atoms with Gasteiger partial charge in [0.25, 0.3) is 0 Å². The van der Waals surface area contributed by atoms with Gasteiger partial charge >= 0.3 is 19.8 Å². The average Bonchev–Trinajstić information content (AvgIpc) is 2.26. The van der Waals surface area contributed by atoms with Crippen molar-refractivity contribution >= 4 is 42.8 Å². The van der Waals surface area contributed by atoms with Gasteiger partial charge in [-0.1, -0.05) is 6.07 Å². The molecule has 1 heterocycles. The van der Waals surface area contributed by atoms with Gasteiger partial charge in [-0.05, 0) is 33.2 Å². The van der Waals surface area contributed by atoms with Crippen molar-refractivity contribution in [2.24, 2.45) is 5.10 Å². The third kappa shape index (κ3) is 4.89. The van der Waals surface area contributed by atoms with Gasteiger partial charge in [-0.3, -0.25) is 9.88 Å². The molecule has 80 valence electrons. The number of aromatic nitrogens is 1. The topological polar surface area (TPSA) is 42.6 Å². The maximum absolute atomic E-state index is 4.16. The van der Waals surface area contributed by atoms with E-state index in [-0.39, 0.29) is 19.8 Å². The number of thiol groups is 1. The summed E-state index contributed by atoms with van der Waals surface area (Å²) in [6.07, 6.45) is 1.73. The molecule has 0 aromatic carbocycles. The van der Waals surface area contributed by atoms with Crippen molar-refractivity contribution in [2.75, 3.05) is 14.1 Å². The average molecular weight is 292 g/mol. The summed E-state index contributed by atoms with van der Waals surface area (Å²) < 4.78 is 0. The second-order valence-corrected chi connectivity index (χ2v) is 3.59. The van der Waals surface area contributed by atoms with Crippen LogP contribution in [0.15, 0.2) is 29.5 Å². The minimum atomic E-state index is 0. The molecule has 16 heavy (non-hydrogen) atoms. The number of rotatable bonds is 2. The Morgan fingerprint density at radius 2 is 2.12 bits per heavy atom. The summed E-state index contributed by atoms with van der Waals surface area (Å²) in [6.45, 7) is 1.86. The SMILES string of the molecule is CC(=N[N-]C(=[SH+])N(C)C)c1ccccn1.[Ga+3]. The maximum atomic E-state index is 4.16. The van der Waals surface area contributed by atoms with Crippen molar-refractivity contribution in [1.29, 1.82) is 0 Å². The van der Waals surface area contributed by atoms with E-state index in [4.69, 9.17) is 0 Å². The molecular formula is C10H14GaN4S+3. The molecule has 0 aliphatic carbocycles. The van der Waals surface area contributed by atoms with E-state index < -0.39 is 0 Å². The van der Waals surface area contributed by atoms with Crippen molar-refractivity contribution < 1.29 is 0 Å². The van der Waals surface area contributed by atoms with Gasteiger partial charge in [-0.15, -0.1) is 0 Å². The van der Waals surface area contributed by atoms with Crippen LogP contribution in [0.2, 0.25) is 0 Å². The normalized spacial score (nSPS) is 10.9. The van der Waals surface area contributed by atoms with Gasteiger partial charge in [0, 0.05) is 11.9 Å². The van der Waals surface area contributed by atoms with E-state index in [0.717, 1.165) is 11.4 Å². The van der Waals surface area contributed by atoms with E-state index in [9.17, 15) is 0 Å². The first kappa shape index (κ1) is 15.3. The van der Waals surface area contributed by atoms with Gasteiger partial charge in [0.2, 0.25) is 0 Å². The van der Waals surface area contributed by atoms with Crippen molar-refractivity contribution in [3.63, 3.8) is 0 Å². The molecule has 0 saturated heterocycles. The van der Waals surface area contributed by atoms with Crippen LogP contribution in [0.25, 0.3) is 5.43 Å². The minimum absolute atomic E-state index is 0. The third-order valence-electron chi connectivity index (χ3n) is 1.73. The Kier molecular flexibility index (Phi) is 7.23. The molecule has 1 aromatic heterocycles. The van der Waals surface area contributed by atoms with Crippen LogP contribution in [0.4, 0.5) is 0 Å². The molecule has 0 spiro atoms. The fourth-order valence-electron chi connectivity index (χ4n) is 0.837. The molecule has 6 heteroatoms. The van der Waals surface area contributed by atoms with E-state index in [1.165, 1.54) is 0 Å². The monoisotopic (exact) mass is 291 g/mol. The zero-order chi connectivity index (χ0) is 11.3. The second kappa shape index (κ2) is 7.56. The molecule has 0 fully saturated rings. The fraction of sp³-hybridized carbons (Fsp3) is 0.300. The molecule has 1 rings (SSSR count). The molecule has 0 N–H and O–H groups in total. The summed E-state index contributed by atoms with van der Waals surface area (Å²) in [5, 5.41) is 4.60. The van der Waals surface area contributed by atoms with E-state index in [1.54, 1.807) is 11.1 Å². The van der Waals surface area contributed by atoms with Crippen LogP contribution >= 0.6 is 0 Å². The van der Waals surface area contributed by atoms with Crippen LogP contribution in [0.3, 0.4) is 0 Å². The van der Waals surface area contributed by atoms with Gasteiger partial charge in [0.1, 0.15) is 0 Å². The Morgan fingerprint density at radius 3 is 2.62 bits per heavy atom. The molecule has 0 aliphatic rings. The van der Waals surface area contributed by atoms with Crippen molar-refractivity contribution in [3.05, 3.63) is 35.5 Å². The van der Waals surface area contributed by atoms with Crippen LogP contribution < -0.4 is 0 Å². The number of pyridine rings is 1.